The van der Waals surface area contributed by atoms with Gasteiger partial charge in [-0.15, -0.1) is 0 Å². The van der Waals surface area contributed by atoms with E-state index >= 15 is 0 Å². The number of benzene rings is 1. The molecule has 2 heterocycles. The van der Waals surface area contributed by atoms with Crippen molar-refractivity contribution in [1.29, 1.82) is 0 Å². The average Bonchev–Trinajstić information content (AvgIpc) is 2.97. The smallest absolute Gasteiger partial charge is 0.251 e. The molecule has 1 aromatic carbocycles. The maximum absolute atomic E-state index is 12.2. The van der Waals surface area contributed by atoms with Gasteiger partial charge in [0.2, 0.25) is 0 Å². The maximum atomic E-state index is 12.2. The van der Waals surface area contributed by atoms with E-state index in [-0.39, 0.29) is 5.91 Å². The molecule has 0 spiro atoms. The number of nitrogens with one attached hydrogen (secondary N) is 2. The second-order valence-electron chi connectivity index (χ2n) is 4.53. The third kappa shape index (κ3) is 2.51. The Balaban J connectivity index is 1.76. The van der Waals surface area contributed by atoms with Crippen LogP contribution in [0.5, 0.6) is 0 Å². The van der Waals surface area contributed by atoms with E-state index in [1.165, 1.54) is 5.56 Å². The van der Waals surface area contributed by atoms with Crippen molar-refractivity contribution in [3.05, 3.63) is 52.9 Å². The van der Waals surface area contributed by atoms with Crippen molar-refractivity contribution < 1.29 is 9.32 Å². The summed E-state index contributed by atoms with van der Waals surface area (Å²) in [6, 6.07) is 7.61. The Labute approximate surface area is 111 Å². The van der Waals surface area contributed by atoms with E-state index < -0.39 is 0 Å². The Bertz CT molecular complexity index is 578. The van der Waals surface area contributed by atoms with Gasteiger partial charge in [-0.05, 0) is 30.2 Å². The first-order valence-electron chi connectivity index (χ1n) is 6.34. The molecule has 5 nitrogen and oxygen atoms in total. The third-order valence-electron chi connectivity index (χ3n) is 3.30. The van der Waals surface area contributed by atoms with Crippen LogP contribution in [-0.2, 0) is 19.5 Å². The molecular weight excluding hydrogens is 242 g/mol. The molecule has 0 unspecified atom stereocenters. The molecule has 5 heteroatoms. The molecule has 1 aliphatic heterocycles. The summed E-state index contributed by atoms with van der Waals surface area (Å²) in [5.74, 6) is 0.593. The maximum Gasteiger partial charge on any atom is 0.251 e. The van der Waals surface area contributed by atoms with Gasteiger partial charge in [0, 0.05) is 18.2 Å². The van der Waals surface area contributed by atoms with Crippen molar-refractivity contribution in [2.24, 2.45) is 0 Å². The molecule has 0 radical (unpaired) electrons. The first kappa shape index (κ1) is 11.9. The van der Waals surface area contributed by atoms with Crippen LogP contribution in [0.25, 0.3) is 0 Å². The van der Waals surface area contributed by atoms with Gasteiger partial charge < -0.3 is 15.2 Å². The van der Waals surface area contributed by atoms with Crippen LogP contribution in [0.4, 0.5) is 0 Å². The Kier molecular flexibility index (Phi) is 3.29. The van der Waals surface area contributed by atoms with Crippen LogP contribution in [0.15, 0.2) is 35.0 Å². The standard InChI is InChI=1S/C14H15N3O2/c18-14(16-9-11-4-7-17-19-11)13-3-1-2-10-8-15-6-5-12(10)13/h1-4,7,15H,5-6,8-9H2,(H,16,18). The minimum atomic E-state index is -0.0600. The molecule has 0 bridgehead atoms. The number of nitrogens with zero attached hydrogens (tertiary/aromatic N) is 1. The molecule has 0 atom stereocenters. The fourth-order valence-corrected chi connectivity index (χ4v) is 2.34. The number of rotatable bonds is 3. The van der Waals surface area contributed by atoms with Crippen molar-refractivity contribution in [3.8, 4) is 0 Å². The van der Waals surface area contributed by atoms with Gasteiger partial charge in [0.1, 0.15) is 0 Å². The highest BCUT2D eigenvalue weighted by Gasteiger charge is 2.17. The van der Waals surface area contributed by atoms with Gasteiger partial charge in [-0.3, -0.25) is 4.79 Å². The summed E-state index contributed by atoms with van der Waals surface area (Å²) in [4.78, 5) is 12.2. The van der Waals surface area contributed by atoms with Crippen LogP contribution in [0.2, 0.25) is 0 Å². The zero-order valence-corrected chi connectivity index (χ0v) is 10.5. The van der Waals surface area contributed by atoms with Crippen molar-refractivity contribution in [2.45, 2.75) is 19.5 Å². The lowest BCUT2D eigenvalue weighted by Gasteiger charge is -2.19. The summed E-state index contributed by atoms with van der Waals surface area (Å²) in [6.45, 7) is 2.11. The zero-order chi connectivity index (χ0) is 13.1. The lowest BCUT2D eigenvalue weighted by Crippen LogP contribution is -2.29. The van der Waals surface area contributed by atoms with Crippen LogP contribution in [0, 0.1) is 0 Å². The molecule has 1 aromatic heterocycles. The number of hydrogen-bond donors (Lipinski definition) is 2. The van der Waals surface area contributed by atoms with Gasteiger partial charge in [0.05, 0.1) is 12.7 Å². The molecule has 0 fully saturated rings. The number of carbonyl (C=O) groups excluding carboxylic acids is 1. The Morgan fingerprint density at radius 3 is 3.21 bits per heavy atom. The molecule has 2 aromatic rings. The SMILES string of the molecule is O=C(NCc1ccno1)c1cccc2c1CCNC2. The topological polar surface area (TPSA) is 67.2 Å². The van der Waals surface area contributed by atoms with Gasteiger partial charge in [-0.2, -0.15) is 0 Å². The van der Waals surface area contributed by atoms with Gasteiger partial charge in [-0.25, -0.2) is 0 Å². The van der Waals surface area contributed by atoms with E-state index in [0.717, 1.165) is 30.6 Å². The van der Waals surface area contributed by atoms with Crippen molar-refractivity contribution in [2.75, 3.05) is 6.54 Å². The second-order valence-corrected chi connectivity index (χ2v) is 4.53. The summed E-state index contributed by atoms with van der Waals surface area (Å²) in [7, 11) is 0. The van der Waals surface area contributed by atoms with Crippen LogP contribution < -0.4 is 10.6 Å². The number of fused-ring (bicyclic) bond motifs is 1. The lowest BCUT2D eigenvalue weighted by molar-refractivity contribution is 0.0946. The Morgan fingerprint density at radius 2 is 2.37 bits per heavy atom. The molecule has 0 saturated carbocycles. The third-order valence-corrected chi connectivity index (χ3v) is 3.30. The summed E-state index contributed by atoms with van der Waals surface area (Å²) in [6.07, 6.45) is 2.46. The van der Waals surface area contributed by atoms with Crippen molar-refractivity contribution in [3.63, 3.8) is 0 Å². The number of amides is 1. The minimum absolute atomic E-state index is 0.0600. The molecule has 0 saturated heterocycles. The van der Waals surface area contributed by atoms with Crippen LogP contribution in [0.1, 0.15) is 27.2 Å². The van der Waals surface area contributed by atoms with Crippen LogP contribution in [0.3, 0.4) is 0 Å². The van der Waals surface area contributed by atoms with Gasteiger partial charge >= 0.3 is 0 Å². The molecule has 1 aliphatic rings. The number of aromatic nitrogens is 1. The summed E-state index contributed by atoms with van der Waals surface area (Å²) in [5, 5.41) is 9.77. The molecule has 0 aliphatic carbocycles. The molecular formula is C14H15N3O2. The minimum Gasteiger partial charge on any atom is -0.360 e. The largest absolute Gasteiger partial charge is 0.360 e. The number of carbonyl (C=O) groups is 1. The fraction of sp³-hybridized carbons (Fsp3) is 0.286. The predicted molar refractivity (Wildman–Crippen MR) is 69.5 cm³/mol. The molecule has 2 N–H and O–H groups in total. The van der Waals surface area contributed by atoms with Gasteiger partial charge in [0.25, 0.3) is 5.91 Å². The molecule has 19 heavy (non-hydrogen) atoms. The van der Waals surface area contributed by atoms with Crippen LogP contribution >= 0.6 is 0 Å². The first-order valence-corrected chi connectivity index (χ1v) is 6.34. The van der Waals surface area contributed by atoms with E-state index in [9.17, 15) is 4.79 Å². The van der Waals surface area contributed by atoms with E-state index in [0.29, 0.717) is 12.3 Å². The zero-order valence-electron chi connectivity index (χ0n) is 10.5. The van der Waals surface area contributed by atoms with E-state index in [1.54, 1.807) is 12.3 Å². The van der Waals surface area contributed by atoms with Crippen molar-refractivity contribution >= 4 is 5.91 Å². The van der Waals surface area contributed by atoms with Gasteiger partial charge in [0.15, 0.2) is 5.76 Å². The quantitative estimate of drug-likeness (QED) is 0.868. The van der Waals surface area contributed by atoms with Gasteiger partial charge in [-0.1, -0.05) is 17.3 Å². The lowest BCUT2D eigenvalue weighted by atomic mass is 9.95. The highest BCUT2D eigenvalue weighted by Crippen LogP contribution is 2.18. The van der Waals surface area contributed by atoms with E-state index in [2.05, 4.69) is 21.9 Å². The molecule has 98 valence electrons. The number of hydrogen-bond acceptors (Lipinski definition) is 4. The van der Waals surface area contributed by atoms with E-state index in [4.69, 9.17) is 4.52 Å². The summed E-state index contributed by atoms with van der Waals surface area (Å²) >= 11 is 0. The highest BCUT2D eigenvalue weighted by molar-refractivity contribution is 5.96. The summed E-state index contributed by atoms with van der Waals surface area (Å²) < 4.78 is 4.96. The first-order chi connectivity index (χ1) is 9.34. The summed E-state index contributed by atoms with van der Waals surface area (Å²) in [5.41, 5.74) is 3.12. The highest BCUT2D eigenvalue weighted by atomic mass is 16.5. The molecule has 3 rings (SSSR count). The van der Waals surface area contributed by atoms with E-state index in [1.807, 2.05) is 12.1 Å². The predicted octanol–water partition coefficient (Wildman–Crippen LogP) is 1.25. The second kappa shape index (κ2) is 5.24. The Hall–Kier alpha value is -2.14. The normalized spacial score (nSPS) is 13.9. The van der Waals surface area contributed by atoms with Crippen molar-refractivity contribution in [1.82, 2.24) is 15.8 Å². The average molecular weight is 257 g/mol. The fourth-order valence-electron chi connectivity index (χ4n) is 2.34. The Morgan fingerprint density at radius 1 is 1.42 bits per heavy atom. The molecule has 1 amide bonds. The monoisotopic (exact) mass is 257 g/mol. The van der Waals surface area contributed by atoms with Crippen LogP contribution in [-0.4, -0.2) is 17.6 Å².